The Hall–Kier alpha value is -1.26. The van der Waals surface area contributed by atoms with Gasteiger partial charge in [0.2, 0.25) is 0 Å². The van der Waals surface area contributed by atoms with Crippen LogP contribution in [-0.2, 0) is 4.84 Å². The molecule has 1 heterocycles. The van der Waals surface area contributed by atoms with Crippen LogP contribution in [0.2, 0.25) is 0 Å². The Labute approximate surface area is 71.1 Å². The molecule has 2 N–H and O–H groups in total. The first-order valence-electron chi connectivity index (χ1n) is 4.00. The first kappa shape index (κ1) is 8.83. The van der Waals surface area contributed by atoms with Crippen molar-refractivity contribution >= 4 is 11.9 Å². The highest BCUT2D eigenvalue weighted by molar-refractivity contribution is 5.97. The molecule has 1 rings (SSSR count). The maximum absolute atomic E-state index is 10.9. The summed E-state index contributed by atoms with van der Waals surface area (Å²) < 4.78 is 0. The highest BCUT2D eigenvalue weighted by Crippen LogP contribution is 2.06. The predicted octanol–water partition coefficient (Wildman–Crippen LogP) is 0.428. The number of hydrogen-bond donors (Lipinski definition) is 2. The van der Waals surface area contributed by atoms with Gasteiger partial charge in [-0.15, -0.1) is 0 Å². The van der Waals surface area contributed by atoms with Crippen LogP contribution in [0.4, 0.5) is 4.79 Å². The van der Waals surface area contributed by atoms with Crippen LogP contribution in [0.15, 0.2) is 5.16 Å². The van der Waals surface area contributed by atoms with E-state index >= 15 is 0 Å². The van der Waals surface area contributed by atoms with E-state index in [0.29, 0.717) is 18.8 Å². The Morgan fingerprint density at radius 2 is 2.58 bits per heavy atom. The van der Waals surface area contributed by atoms with Gasteiger partial charge in [0.05, 0.1) is 0 Å². The standard InChI is InChI=1S/C7H13N3O2/c1-3-8-7(11)9-6-4-5(2)12-10-6/h5H,3-4H2,1-2H3,(H2,8,9,10,11). The van der Waals surface area contributed by atoms with Crippen molar-refractivity contribution in [2.75, 3.05) is 6.54 Å². The molecule has 1 aliphatic heterocycles. The molecule has 0 fully saturated rings. The molecule has 5 nitrogen and oxygen atoms in total. The van der Waals surface area contributed by atoms with Crippen molar-refractivity contribution in [3.63, 3.8) is 0 Å². The zero-order chi connectivity index (χ0) is 8.97. The van der Waals surface area contributed by atoms with Crippen LogP contribution < -0.4 is 10.6 Å². The quantitative estimate of drug-likeness (QED) is 0.601. The van der Waals surface area contributed by atoms with Crippen LogP contribution in [0, 0.1) is 0 Å². The van der Waals surface area contributed by atoms with Crippen molar-refractivity contribution in [3.8, 4) is 0 Å². The number of oxime groups is 1. The van der Waals surface area contributed by atoms with Crippen molar-refractivity contribution in [1.29, 1.82) is 0 Å². The van der Waals surface area contributed by atoms with Crippen LogP contribution in [-0.4, -0.2) is 24.5 Å². The van der Waals surface area contributed by atoms with E-state index in [1.54, 1.807) is 0 Å². The zero-order valence-corrected chi connectivity index (χ0v) is 7.26. The summed E-state index contributed by atoms with van der Waals surface area (Å²) in [5.74, 6) is 0.591. The van der Waals surface area contributed by atoms with Crippen molar-refractivity contribution in [2.45, 2.75) is 26.4 Å². The number of rotatable bonds is 1. The number of carbonyl (C=O) groups excluding carboxylic acids is 1. The first-order valence-corrected chi connectivity index (χ1v) is 4.00. The van der Waals surface area contributed by atoms with Crippen LogP contribution in [0.3, 0.4) is 0 Å². The van der Waals surface area contributed by atoms with E-state index in [4.69, 9.17) is 4.84 Å². The van der Waals surface area contributed by atoms with Gasteiger partial charge in [0.25, 0.3) is 0 Å². The Kier molecular flexibility index (Phi) is 2.90. The smallest absolute Gasteiger partial charge is 0.320 e. The normalized spacial score (nSPS) is 21.2. The fraction of sp³-hybridized carbons (Fsp3) is 0.714. The maximum Gasteiger partial charge on any atom is 0.320 e. The van der Waals surface area contributed by atoms with Crippen LogP contribution in [0.1, 0.15) is 20.3 Å². The third kappa shape index (κ3) is 2.41. The van der Waals surface area contributed by atoms with Gasteiger partial charge in [0.1, 0.15) is 6.10 Å². The monoisotopic (exact) mass is 171 g/mol. The molecule has 0 aromatic rings. The molecule has 1 unspecified atom stereocenters. The number of nitrogens with zero attached hydrogens (tertiary/aromatic N) is 1. The summed E-state index contributed by atoms with van der Waals surface area (Å²) in [6, 6.07) is -0.228. The Morgan fingerprint density at radius 3 is 3.08 bits per heavy atom. The Balaban J connectivity index is 2.27. The topological polar surface area (TPSA) is 62.7 Å². The number of carbonyl (C=O) groups is 1. The molecule has 0 bridgehead atoms. The van der Waals surface area contributed by atoms with Gasteiger partial charge in [0.15, 0.2) is 5.84 Å². The number of amidine groups is 1. The van der Waals surface area contributed by atoms with Crippen LogP contribution in [0.5, 0.6) is 0 Å². The molecule has 0 aromatic heterocycles. The number of hydrogen-bond acceptors (Lipinski definition) is 3. The van der Waals surface area contributed by atoms with E-state index < -0.39 is 0 Å². The van der Waals surface area contributed by atoms with E-state index in [-0.39, 0.29) is 12.1 Å². The van der Waals surface area contributed by atoms with Gasteiger partial charge in [-0.25, -0.2) is 4.79 Å². The van der Waals surface area contributed by atoms with Crippen molar-refractivity contribution in [2.24, 2.45) is 5.16 Å². The lowest BCUT2D eigenvalue weighted by atomic mass is 10.3. The average Bonchev–Trinajstić information content (AvgIpc) is 2.36. The molecule has 0 aliphatic carbocycles. The molecule has 0 radical (unpaired) electrons. The molecular weight excluding hydrogens is 158 g/mol. The van der Waals surface area contributed by atoms with Crippen molar-refractivity contribution in [1.82, 2.24) is 10.6 Å². The van der Waals surface area contributed by atoms with E-state index in [9.17, 15) is 4.79 Å². The summed E-state index contributed by atoms with van der Waals surface area (Å²) in [5.41, 5.74) is 0. The molecular formula is C7H13N3O2. The fourth-order valence-electron chi connectivity index (χ4n) is 0.910. The molecule has 0 spiro atoms. The van der Waals surface area contributed by atoms with Gasteiger partial charge in [-0.3, -0.25) is 5.32 Å². The number of urea groups is 1. The molecule has 0 saturated heterocycles. The minimum Gasteiger partial charge on any atom is -0.391 e. The molecule has 0 aromatic carbocycles. The molecule has 1 aliphatic rings. The minimum absolute atomic E-state index is 0.0712. The van der Waals surface area contributed by atoms with Gasteiger partial charge in [0, 0.05) is 13.0 Å². The molecule has 0 saturated carbocycles. The highest BCUT2D eigenvalue weighted by atomic mass is 16.6. The van der Waals surface area contributed by atoms with Crippen molar-refractivity contribution in [3.05, 3.63) is 0 Å². The molecule has 2 amide bonds. The van der Waals surface area contributed by atoms with Gasteiger partial charge >= 0.3 is 6.03 Å². The van der Waals surface area contributed by atoms with Gasteiger partial charge in [-0.2, -0.15) is 0 Å². The largest absolute Gasteiger partial charge is 0.391 e. The fourth-order valence-corrected chi connectivity index (χ4v) is 0.910. The lowest BCUT2D eigenvalue weighted by Gasteiger charge is -2.02. The van der Waals surface area contributed by atoms with Gasteiger partial charge in [-0.1, -0.05) is 5.16 Å². The molecule has 1 atom stereocenters. The van der Waals surface area contributed by atoms with E-state index in [1.807, 2.05) is 13.8 Å². The predicted molar refractivity (Wildman–Crippen MR) is 44.8 cm³/mol. The Morgan fingerprint density at radius 1 is 1.83 bits per heavy atom. The van der Waals surface area contributed by atoms with E-state index in [0.717, 1.165) is 0 Å². The molecule has 68 valence electrons. The second-order valence-electron chi connectivity index (χ2n) is 2.64. The summed E-state index contributed by atoms with van der Waals surface area (Å²) in [6.07, 6.45) is 0.735. The highest BCUT2D eigenvalue weighted by Gasteiger charge is 2.17. The SMILES string of the molecule is CCNC(=O)NC1=NOC(C)C1. The van der Waals surface area contributed by atoms with Crippen molar-refractivity contribution < 1.29 is 9.63 Å². The summed E-state index contributed by atoms with van der Waals surface area (Å²) in [7, 11) is 0. The third-order valence-corrected chi connectivity index (χ3v) is 1.42. The van der Waals surface area contributed by atoms with Gasteiger partial charge < -0.3 is 10.2 Å². The summed E-state index contributed by atoms with van der Waals surface area (Å²) >= 11 is 0. The number of nitrogens with one attached hydrogen (secondary N) is 2. The number of amides is 2. The summed E-state index contributed by atoms with van der Waals surface area (Å²) in [4.78, 5) is 15.8. The summed E-state index contributed by atoms with van der Waals surface area (Å²) in [5, 5.41) is 8.87. The first-order chi connectivity index (χ1) is 5.72. The minimum atomic E-state index is -0.228. The van der Waals surface area contributed by atoms with E-state index in [1.165, 1.54) is 0 Å². The maximum atomic E-state index is 10.9. The lowest BCUT2D eigenvalue weighted by molar-refractivity contribution is 0.0995. The molecule has 5 heteroatoms. The Bertz CT molecular complexity index is 203. The second kappa shape index (κ2) is 3.94. The third-order valence-electron chi connectivity index (χ3n) is 1.42. The lowest BCUT2D eigenvalue weighted by Crippen LogP contribution is -2.38. The second-order valence-corrected chi connectivity index (χ2v) is 2.64. The van der Waals surface area contributed by atoms with Crippen LogP contribution in [0.25, 0.3) is 0 Å². The summed E-state index contributed by atoms with van der Waals surface area (Å²) in [6.45, 7) is 4.36. The van der Waals surface area contributed by atoms with Gasteiger partial charge in [-0.05, 0) is 13.8 Å². The zero-order valence-electron chi connectivity index (χ0n) is 7.26. The van der Waals surface area contributed by atoms with E-state index in [2.05, 4.69) is 15.8 Å². The van der Waals surface area contributed by atoms with Crippen LogP contribution >= 0.6 is 0 Å². The molecule has 12 heavy (non-hydrogen) atoms. The average molecular weight is 171 g/mol.